The second-order valence-corrected chi connectivity index (χ2v) is 4.99. The van der Waals surface area contributed by atoms with Gasteiger partial charge in [-0.25, -0.2) is 0 Å². The van der Waals surface area contributed by atoms with Crippen LogP contribution in [0, 0.1) is 0 Å². The van der Waals surface area contributed by atoms with Gasteiger partial charge < -0.3 is 14.4 Å². The van der Waals surface area contributed by atoms with Gasteiger partial charge in [-0.3, -0.25) is 4.79 Å². The van der Waals surface area contributed by atoms with Gasteiger partial charge >= 0.3 is 0 Å². The molecule has 0 unspecified atom stereocenters. The quantitative estimate of drug-likeness (QED) is 0.800. The van der Waals surface area contributed by atoms with Crippen LogP contribution in [-0.2, 0) is 16.0 Å². The Labute approximate surface area is 120 Å². The number of ether oxygens (including phenoxy) is 2. The number of benzene rings is 1. The van der Waals surface area contributed by atoms with Crippen molar-refractivity contribution in [2.75, 3.05) is 32.9 Å². The monoisotopic (exact) mass is 277 g/mol. The molecule has 0 N–H and O–H groups in total. The van der Waals surface area contributed by atoms with Crippen molar-refractivity contribution < 1.29 is 14.3 Å². The van der Waals surface area contributed by atoms with E-state index in [0.29, 0.717) is 19.6 Å². The molecule has 1 aromatic carbocycles. The number of amides is 1. The lowest BCUT2D eigenvalue weighted by atomic mass is 10.1. The summed E-state index contributed by atoms with van der Waals surface area (Å²) < 4.78 is 10.8. The summed E-state index contributed by atoms with van der Waals surface area (Å²) in [6, 6.07) is 8.03. The number of rotatable bonds is 6. The number of morpholine rings is 1. The maximum atomic E-state index is 12.0. The first-order valence-electron chi connectivity index (χ1n) is 7.37. The van der Waals surface area contributed by atoms with Crippen molar-refractivity contribution in [1.29, 1.82) is 0 Å². The van der Waals surface area contributed by atoms with Crippen molar-refractivity contribution >= 4 is 5.91 Å². The molecule has 4 nitrogen and oxygen atoms in total. The second-order valence-electron chi connectivity index (χ2n) is 4.99. The number of hydrogen-bond donors (Lipinski definition) is 0. The Kier molecular flexibility index (Phi) is 5.87. The topological polar surface area (TPSA) is 38.8 Å². The molecular weight excluding hydrogens is 254 g/mol. The molecule has 2 rings (SSSR count). The molecule has 1 aliphatic heterocycles. The minimum Gasteiger partial charge on any atom is -0.494 e. The van der Waals surface area contributed by atoms with E-state index in [0.717, 1.165) is 38.3 Å². The number of carbonyl (C=O) groups excluding carboxylic acids is 1. The summed E-state index contributed by atoms with van der Waals surface area (Å²) in [7, 11) is 0. The third-order valence-corrected chi connectivity index (χ3v) is 3.39. The summed E-state index contributed by atoms with van der Waals surface area (Å²) in [4.78, 5) is 13.9. The first-order valence-corrected chi connectivity index (χ1v) is 7.37. The molecule has 0 bridgehead atoms. The predicted octanol–water partition coefficient (Wildman–Crippen LogP) is 2.27. The lowest BCUT2D eigenvalue weighted by molar-refractivity contribution is -0.135. The fraction of sp³-hybridized carbons (Fsp3) is 0.562. The lowest BCUT2D eigenvalue weighted by Crippen LogP contribution is -2.40. The maximum absolute atomic E-state index is 12.0. The van der Waals surface area contributed by atoms with E-state index in [2.05, 4.69) is 6.92 Å². The fourth-order valence-electron chi connectivity index (χ4n) is 2.19. The van der Waals surface area contributed by atoms with E-state index in [1.54, 1.807) is 0 Å². The molecular formula is C16H23NO3. The third kappa shape index (κ3) is 4.53. The molecule has 0 aliphatic carbocycles. The van der Waals surface area contributed by atoms with Gasteiger partial charge in [0.15, 0.2) is 0 Å². The minimum atomic E-state index is 0.222. The summed E-state index contributed by atoms with van der Waals surface area (Å²) in [5, 5.41) is 0. The van der Waals surface area contributed by atoms with E-state index >= 15 is 0 Å². The molecule has 0 spiro atoms. The second kappa shape index (κ2) is 7.90. The SMILES string of the molecule is CCCOc1ccc(CCC(=O)N2CCOCC2)cc1. The molecule has 1 aliphatic rings. The van der Waals surface area contributed by atoms with Crippen molar-refractivity contribution in [3.8, 4) is 5.75 Å². The van der Waals surface area contributed by atoms with Gasteiger partial charge in [-0.15, -0.1) is 0 Å². The highest BCUT2D eigenvalue weighted by molar-refractivity contribution is 5.76. The maximum Gasteiger partial charge on any atom is 0.223 e. The molecule has 1 saturated heterocycles. The average molecular weight is 277 g/mol. The fourth-order valence-corrected chi connectivity index (χ4v) is 2.19. The van der Waals surface area contributed by atoms with Gasteiger partial charge in [-0.1, -0.05) is 19.1 Å². The highest BCUT2D eigenvalue weighted by Gasteiger charge is 2.16. The van der Waals surface area contributed by atoms with E-state index in [9.17, 15) is 4.79 Å². The first kappa shape index (κ1) is 14.9. The standard InChI is InChI=1S/C16H23NO3/c1-2-11-20-15-6-3-14(4-7-15)5-8-16(18)17-9-12-19-13-10-17/h3-4,6-7H,2,5,8-13H2,1H3. The number of aryl methyl sites for hydroxylation is 1. The van der Waals surface area contributed by atoms with Gasteiger partial charge in [-0.05, 0) is 30.5 Å². The highest BCUT2D eigenvalue weighted by atomic mass is 16.5. The molecule has 1 heterocycles. The van der Waals surface area contributed by atoms with Crippen LogP contribution in [0.1, 0.15) is 25.3 Å². The van der Waals surface area contributed by atoms with E-state index in [1.807, 2.05) is 29.2 Å². The largest absolute Gasteiger partial charge is 0.494 e. The van der Waals surface area contributed by atoms with E-state index in [-0.39, 0.29) is 5.91 Å². The Morgan fingerprint density at radius 2 is 1.95 bits per heavy atom. The molecule has 20 heavy (non-hydrogen) atoms. The van der Waals surface area contributed by atoms with Crippen LogP contribution in [0.4, 0.5) is 0 Å². The van der Waals surface area contributed by atoms with Crippen molar-refractivity contribution in [3.63, 3.8) is 0 Å². The van der Waals surface area contributed by atoms with Crippen LogP contribution in [0.15, 0.2) is 24.3 Å². The summed E-state index contributed by atoms with van der Waals surface area (Å²) in [6.07, 6.45) is 2.36. The van der Waals surface area contributed by atoms with Crippen LogP contribution in [0.25, 0.3) is 0 Å². The van der Waals surface area contributed by atoms with Crippen molar-refractivity contribution in [3.05, 3.63) is 29.8 Å². The molecule has 110 valence electrons. The Morgan fingerprint density at radius 3 is 2.60 bits per heavy atom. The zero-order valence-electron chi connectivity index (χ0n) is 12.1. The Bertz CT molecular complexity index is 410. The smallest absolute Gasteiger partial charge is 0.223 e. The third-order valence-electron chi connectivity index (χ3n) is 3.39. The van der Waals surface area contributed by atoms with E-state index in [1.165, 1.54) is 5.56 Å². The van der Waals surface area contributed by atoms with Crippen LogP contribution in [0.3, 0.4) is 0 Å². The Balaban J connectivity index is 1.76. The summed E-state index contributed by atoms with van der Waals surface area (Å²) in [6.45, 7) is 5.61. The molecule has 0 saturated carbocycles. The molecule has 4 heteroatoms. The van der Waals surface area contributed by atoms with Crippen LogP contribution in [0.5, 0.6) is 5.75 Å². The van der Waals surface area contributed by atoms with Crippen molar-refractivity contribution in [2.24, 2.45) is 0 Å². The van der Waals surface area contributed by atoms with E-state index in [4.69, 9.17) is 9.47 Å². The average Bonchev–Trinajstić information content (AvgIpc) is 2.52. The summed E-state index contributed by atoms with van der Waals surface area (Å²) in [5.74, 6) is 1.12. The van der Waals surface area contributed by atoms with Gasteiger partial charge in [0, 0.05) is 19.5 Å². The van der Waals surface area contributed by atoms with E-state index < -0.39 is 0 Å². The van der Waals surface area contributed by atoms with Gasteiger partial charge in [0.25, 0.3) is 0 Å². The Morgan fingerprint density at radius 1 is 1.25 bits per heavy atom. The summed E-state index contributed by atoms with van der Waals surface area (Å²) >= 11 is 0. The van der Waals surface area contributed by atoms with Crippen LogP contribution < -0.4 is 4.74 Å². The summed E-state index contributed by atoms with van der Waals surface area (Å²) in [5.41, 5.74) is 1.18. The molecule has 1 fully saturated rings. The normalized spacial score (nSPS) is 15.2. The number of nitrogens with zero attached hydrogens (tertiary/aromatic N) is 1. The molecule has 1 aromatic rings. The van der Waals surface area contributed by atoms with Crippen LogP contribution in [-0.4, -0.2) is 43.7 Å². The molecule has 0 radical (unpaired) electrons. The number of hydrogen-bond acceptors (Lipinski definition) is 3. The lowest BCUT2D eigenvalue weighted by Gasteiger charge is -2.26. The first-order chi connectivity index (χ1) is 9.79. The van der Waals surface area contributed by atoms with Gasteiger partial charge in [-0.2, -0.15) is 0 Å². The van der Waals surface area contributed by atoms with Crippen LogP contribution in [0.2, 0.25) is 0 Å². The molecule has 0 aromatic heterocycles. The number of carbonyl (C=O) groups is 1. The zero-order chi connectivity index (χ0) is 14.2. The highest BCUT2D eigenvalue weighted by Crippen LogP contribution is 2.14. The molecule has 0 atom stereocenters. The Hall–Kier alpha value is -1.55. The van der Waals surface area contributed by atoms with Gasteiger partial charge in [0.1, 0.15) is 5.75 Å². The van der Waals surface area contributed by atoms with Gasteiger partial charge in [0.2, 0.25) is 5.91 Å². The predicted molar refractivity (Wildman–Crippen MR) is 77.9 cm³/mol. The van der Waals surface area contributed by atoms with Crippen LogP contribution >= 0.6 is 0 Å². The molecule has 1 amide bonds. The zero-order valence-corrected chi connectivity index (χ0v) is 12.1. The minimum absolute atomic E-state index is 0.222. The van der Waals surface area contributed by atoms with Gasteiger partial charge in [0.05, 0.1) is 19.8 Å². The van der Waals surface area contributed by atoms with Crippen molar-refractivity contribution in [1.82, 2.24) is 4.90 Å². The van der Waals surface area contributed by atoms with Crippen molar-refractivity contribution in [2.45, 2.75) is 26.2 Å².